The summed E-state index contributed by atoms with van der Waals surface area (Å²) >= 11 is 0. The Morgan fingerprint density at radius 1 is 1.16 bits per heavy atom. The van der Waals surface area contributed by atoms with Crippen LogP contribution < -0.4 is 14.5 Å². The number of ether oxygens (including phenoxy) is 1. The lowest BCUT2D eigenvalue weighted by Gasteiger charge is -2.33. The molecule has 1 aliphatic heterocycles. The maximum absolute atomic E-state index is 10.6. The monoisotopic (exact) mass is 339 g/mol. The van der Waals surface area contributed by atoms with Gasteiger partial charge >= 0.3 is 0 Å². The van der Waals surface area contributed by atoms with Crippen LogP contribution >= 0.6 is 0 Å². The largest absolute Gasteiger partial charge is 0.507 e. The molecule has 2 aromatic rings. The van der Waals surface area contributed by atoms with Gasteiger partial charge in [-0.05, 0) is 30.7 Å². The number of rotatable bonds is 6. The average molecular weight is 339 g/mol. The summed E-state index contributed by atoms with van der Waals surface area (Å²) in [6.45, 7) is 8.77. The Morgan fingerprint density at radius 2 is 1.84 bits per heavy atom. The van der Waals surface area contributed by atoms with E-state index in [1.54, 1.807) is 7.11 Å². The van der Waals surface area contributed by atoms with Crippen LogP contribution in [0.15, 0.2) is 55.1 Å². The van der Waals surface area contributed by atoms with Crippen LogP contribution in [0.25, 0.3) is 0 Å². The molecule has 0 aliphatic carbocycles. The van der Waals surface area contributed by atoms with E-state index in [1.807, 2.05) is 18.2 Å². The van der Waals surface area contributed by atoms with Crippen molar-refractivity contribution in [3.05, 3.63) is 66.2 Å². The van der Waals surface area contributed by atoms with Crippen LogP contribution in [0.1, 0.15) is 11.1 Å². The van der Waals surface area contributed by atoms with E-state index in [0.717, 1.165) is 49.6 Å². The maximum Gasteiger partial charge on any atom is 0.128 e. The number of para-hydroxylation sites is 1. The lowest BCUT2D eigenvalue weighted by molar-refractivity contribution is -0.914. The van der Waals surface area contributed by atoms with Crippen molar-refractivity contribution in [3.63, 3.8) is 0 Å². The van der Waals surface area contributed by atoms with Gasteiger partial charge in [-0.1, -0.05) is 24.3 Å². The minimum absolute atomic E-state index is 0.388. The molecule has 0 amide bonds. The van der Waals surface area contributed by atoms with E-state index in [9.17, 15) is 5.11 Å². The molecule has 2 N–H and O–H groups in total. The molecule has 0 radical (unpaired) electrons. The highest BCUT2D eigenvalue weighted by Crippen LogP contribution is 2.28. The predicted molar refractivity (Wildman–Crippen MR) is 102 cm³/mol. The van der Waals surface area contributed by atoms with Gasteiger partial charge in [-0.3, -0.25) is 0 Å². The number of phenols is 1. The zero-order valence-electron chi connectivity index (χ0n) is 14.9. The van der Waals surface area contributed by atoms with Gasteiger partial charge in [-0.25, -0.2) is 0 Å². The molecular formula is C21H27N2O2+. The minimum atomic E-state index is 0.388. The summed E-state index contributed by atoms with van der Waals surface area (Å²) in [5.74, 6) is 1.19. The van der Waals surface area contributed by atoms with Crippen molar-refractivity contribution < 1.29 is 14.7 Å². The van der Waals surface area contributed by atoms with Crippen molar-refractivity contribution in [2.75, 3.05) is 38.2 Å². The number of piperazine rings is 1. The highest BCUT2D eigenvalue weighted by molar-refractivity contribution is 5.47. The number of benzene rings is 2. The van der Waals surface area contributed by atoms with E-state index in [0.29, 0.717) is 12.2 Å². The highest BCUT2D eigenvalue weighted by atomic mass is 16.5. The summed E-state index contributed by atoms with van der Waals surface area (Å²) in [7, 11) is 1.67. The minimum Gasteiger partial charge on any atom is -0.507 e. The fourth-order valence-electron chi connectivity index (χ4n) is 3.46. The Balaban J connectivity index is 1.67. The summed E-state index contributed by atoms with van der Waals surface area (Å²) in [4.78, 5) is 3.92. The molecule has 0 unspecified atom stereocenters. The Morgan fingerprint density at radius 3 is 2.48 bits per heavy atom. The van der Waals surface area contributed by atoms with Gasteiger partial charge in [0.1, 0.15) is 18.0 Å². The molecule has 3 rings (SSSR count). The van der Waals surface area contributed by atoms with Crippen molar-refractivity contribution in [1.82, 2.24) is 0 Å². The molecule has 25 heavy (non-hydrogen) atoms. The third kappa shape index (κ3) is 4.15. The van der Waals surface area contributed by atoms with Gasteiger partial charge in [0.15, 0.2) is 0 Å². The number of allylic oxidation sites excluding steroid dienone is 1. The molecule has 2 aromatic carbocycles. The standard InChI is InChI=1S/C21H26N2O2/c1-3-7-17-14-20(25-2)15-18(21(17)24)16-22-10-12-23(13-11-22)19-8-5-4-6-9-19/h3-6,8-9,14-15,24H,1,7,10-13,16H2,2H3/p+1. The fourth-order valence-corrected chi connectivity index (χ4v) is 3.46. The number of aromatic hydroxyl groups is 1. The number of hydrogen-bond donors (Lipinski definition) is 2. The highest BCUT2D eigenvalue weighted by Gasteiger charge is 2.22. The van der Waals surface area contributed by atoms with Crippen LogP contribution in [-0.4, -0.2) is 38.4 Å². The number of quaternary nitrogens is 1. The van der Waals surface area contributed by atoms with E-state index in [1.165, 1.54) is 10.6 Å². The van der Waals surface area contributed by atoms with Crippen LogP contribution in [0.3, 0.4) is 0 Å². The van der Waals surface area contributed by atoms with Crippen LogP contribution in [0, 0.1) is 0 Å². The van der Waals surface area contributed by atoms with Crippen LogP contribution in [0.5, 0.6) is 11.5 Å². The number of nitrogens with one attached hydrogen (secondary N) is 1. The van der Waals surface area contributed by atoms with Crippen LogP contribution in [-0.2, 0) is 13.0 Å². The average Bonchev–Trinajstić information content (AvgIpc) is 2.66. The van der Waals surface area contributed by atoms with Crippen molar-refractivity contribution in [2.24, 2.45) is 0 Å². The normalized spacial score (nSPS) is 15.2. The van der Waals surface area contributed by atoms with E-state index >= 15 is 0 Å². The van der Waals surface area contributed by atoms with E-state index in [-0.39, 0.29) is 0 Å². The summed E-state index contributed by atoms with van der Waals surface area (Å²) in [6, 6.07) is 14.4. The first kappa shape index (κ1) is 17.4. The Bertz CT molecular complexity index is 707. The number of anilines is 1. The van der Waals surface area contributed by atoms with E-state index < -0.39 is 0 Å². The molecule has 4 nitrogen and oxygen atoms in total. The second-order valence-corrected chi connectivity index (χ2v) is 6.54. The second-order valence-electron chi connectivity index (χ2n) is 6.54. The van der Waals surface area contributed by atoms with Crippen LogP contribution in [0.4, 0.5) is 5.69 Å². The summed E-state index contributed by atoms with van der Waals surface area (Å²) in [5.41, 5.74) is 3.13. The van der Waals surface area contributed by atoms with Gasteiger partial charge in [0.25, 0.3) is 0 Å². The SMILES string of the molecule is C=CCc1cc(OC)cc(C[NH+]2CCN(c3ccccc3)CC2)c1O. The molecular weight excluding hydrogens is 312 g/mol. The molecule has 1 fully saturated rings. The molecule has 132 valence electrons. The molecule has 0 saturated carbocycles. The first-order valence-electron chi connectivity index (χ1n) is 8.84. The van der Waals surface area contributed by atoms with Crippen molar-refractivity contribution in [2.45, 2.75) is 13.0 Å². The lowest BCUT2D eigenvalue weighted by Crippen LogP contribution is -3.13. The number of phenolic OH excluding ortho intramolecular Hbond substituents is 1. The molecule has 0 spiro atoms. The van der Waals surface area contributed by atoms with Gasteiger partial charge in [-0.15, -0.1) is 6.58 Å². The molecule has 0 aromatic heterocycles. The first-order chi connectivity index (χ1) is 12.2. The van der Waals surface area contributed by atoms with E-state index in [2.05, 4.69) is 41.8 Å². The number of hydrogen-bond acceptors (Lipinski definition) is 3. The van der Waals surface area contributed by atoms with Gasteiger partial charge in [0.2, 0.25) is 0 Å². The fraction of sp³-hybridized carbons (Fsp3) is 0.333. The number of nitrogens with zero attached hydrogens (tertiary/aromatic N) is 1. The molecule has 4 heteroatoms. The Labute approximate surface area is 150 Å². The zero-order chi connectivity index (χ0) is 17.6. The summed E-state index contributed by atoms with van der Waals surface area (Å²) in [5, 5.41) is 10.6. The molecule has 0 bridgehead atoms. The second kappa shape index (κ2) is 8.08. The predicted octanol–water partition coefficient (Wildman–Crippen LogP) is 2.03. The van der Waals surface area contributed by atoms with E-state index in [4.69, 9.17) is 4.74 Å². The zero-order valence-corrected chi connectivity index (χ0v) is 14.9. The molecule has 1 saturated heterocycles. The van der Waals surface area contributed by atoms with Gasteiger partial charge < -0.3 is 19.6 Å². The van der Waals surface area contributed by atoms with Crippen molar-refractivity contribution >= 4 is 5.69 Å². The van der Waals surface area contributed by atoms with Gasteiger partial charge in [0, 0.05) is 11.3 Å². The molecule has 0 atom stereocenters. The maximum atomic E-state index is 10.6. The third-order valence-corrected chi connectivity index (χ3v) is 4.87. The molecule has 1 heterocycles. The first-order valence-corrected chi connectivity index (χ1v) is 8.84. The van der Waals surface area contributed by atoms with Crippen molar-refractivity contribution in [3.8, 4) is 11.5 Å². The topological polar surface area (TPSA) is 37.1 Å². The van der Waals surface area contributed by atoms with Gasteiger partial charge in [0.05, 0.1) is 38.9 Å². The summed E-state index contributed by atoms with van der Waals surface area (Å²) < 4.78 is 5.40. The summed E-state index contributed by atoms with van der Waals surface area (Å²) in [6.07, 6.45) is 2.46. The Kier molecular flexibility index (Phi) is 5.61. The van der Waals surface area contributed by atoms with Gasteiger partial charge in [-0.2, -0.15) is 0 Å². The Hall–Kier alpha value is -2.46. The smallest absolute Gasteiger partial charge is 0.128 e. The number of methoxy groups -OCH3 is 1. The van der Waals surface area contributed by atoms with Crippen molar-refractivity contribution in [1.29, 1.82) is 0 Å². The molecule has 1 aliphatic rings. The lowest BCUT2D eigenvalue weighted by atomic mass is 10.0. The van der Waals surface area contributed by atoms with Crippen LogP contribution in [0.2, 0.25) is 0 Å². The third-order valence-electron chi connectivity index (χ3n) is 4.87. The quantitative estimate of drug-likeness (QED) is 0.791.